The Kier molecular flexibility index (Phi) is 5.96. The summed E-state index contributed by atoms with van der Waals surface area (Å²) in [7, 11) is 0. The zero-order chi connectivity index (χ0) is 11.8. The number of amides is 1. The Morgan fingerprint density at radius 2 is 2.31 bits per heavy atom. The van der Waals surface area contributed by atoms with Crippen molar-refractivity contribution in [2.24, 2.45) is 5.73 Å². The first-order valence-electron chi connectivity index (χ1n) is 5.34. The average molecular weight is 238 g/mol. The Labute approximate surface area is 101 Å². The van der Waals surface area contributed by atoms with E-state index in [9.17, 15) is 4.79 Å². The van der Waals surface area contributed by atoms with E-state index in [4.69, 9.17) is 5.73 Å². The van der Waals surface area contributed by atoms with E-state index in [0.29, 0.717) is 13.0 Å². The molecular weight excluding hydrogens is 220 g/mol. The zero-order valence-corrected chi connectivity index (χ0v) is 10.3. The Morgan fingerprint density at radius 3 is 3.00 bits per heavy atom. The molecule has 1 rings (SSSR count). The number of rotatable bonds is 6. The van der Waals surface area contributed by atoms with E-state index < -0.39 is 0 Å². The lowest BCUT2D eigenvalue weighted by atomic mass is 10.2. The molecule has 0 aliphatic carbocycles. The van der Waals surface area contributed by atoms with Gasteiger partial charge in [0.1, 0.15) is 0 Å². The van der Waals surface area contributed by atoms with Crippen molar-refractivity contribution >= 4 is 23.4 Å². The van der Waals surface area contributed by atoms with Crippen LogP contribution in [0.5, 0.6) is 0 Å². The van der Waals surface area contributed by atoms with Crippen LogP contribution < -0.4 is 11.1 Å². The molecule has 3 nitrogen and oxygen atoms in total. The van der Waals surface area contributed by atoms with Crippen LogP contribution in [0.4, 0.5) is 5.69 Å². The molecule has 0 atom stereocenters. The minimum absolute atomic E-state index is 0.0340. The van der Waals surface area contributed by atoms with E-state index in [1.54, 1.807) is 11.8 Å². The van der Waals surface area contributed by atoms with Gasteiger partial charge < -0.3 is 11.1 Å². The molecule has 16 heavy (non-hydrogen) atoms. The second kappa shape index (κ2) is 7.30. The second-order valence-corrected chi connectivity index (χ2v) is 4.44. The van der Waals surface area contributed by atoms with Crippen LogP contribution in [0.2, 0.25) is 0 Å². The minimum Gasteiger partial charge on any atom is -0.330 e. The maximum Gasteiger partial charge on any atom is 0.224 e. The highest BCUT2D eigenvalue weighted by atomic mass is 32.2. The predicted octanol–water partition coefficient (Wildman–Crippen LogP) is 2.23. The monoisotopic (exact) mass is 238 g/mol. The van der Waals surface area contributed by atoms with E-state index in [2.05, 4.69) is 17.6 Å². The Bertz CT molecular complexity index is 342. The number of nitrogens with two attached hydrogens (primary N) is 1. The van der Waals surface area contributed by atoms with E-state index in [-0.39, 0.29) is 5.91 Å². The molecule has 4 heteroatoms. The maximum atomic E-state index is 11.5. The third-order valence-corrected chi connectivity index (χ3v) is 2.75. The number of carbonyl (C=O) groups excluding carboxylic acids is 1. The molecule has 88 valence electrons. The lowest BCUT2D eigenvalue weighted by molar-refractivity contribution is -0.116. The van der Waals surface area contributed by atoms with Crippen molar-refractivity contribution in [3.8, 4) is 0 Å². The number of nitrogens with one attached hydrogen (secondary N) is 1. The second-order valence-electron chi connectivity index (χ2n) is 3.57. The topological polar surface area (TPSA) is 55.1 Å². The molecule has 0 fully saturated rings. The SMILES string of the molecule is CSCc1cccc(NC(=O)CCCN)c1. The summed E-state index contributed by atoms with van der Waals surface area (Å²) in [4.78, 5) is 11.5. The van der Waals surface area contributed by atoms with Crippen LogP contribution in [-0.4, -0.2) is 18.7 Å². The van der Waals surface area contributed by atoms with Crippen LogP contribution in [0.1, 0.15) is 18.4 Å². The smallest absolute Gasteiger partial charge is 0.224 e. The van der Waals surface area contributed by atoms with Gasteiger partial charge in [0.25, 0.3) is 0 Å². The Morgan fingerprint density at radius 1 is 1.50 bits per heavy atom. The molecule has 0 saturated heterocycles. The van der Waals surface area contributed by atoms with Gasteiger partial charge in [-0.25, -0.2) is 0 Å². The molecular formula is C12H18N2OS. The fourth-order valence-electron chi connectivity index (χ4n) is 1.39. The average Bonchev–Trinajstić information content (AvgIpc) is 2.27. The summed E-state index contributed by atoms with van der Waals surface area (Å²) in [6.07, 6.45) is 3.28. The number of hydrogen-bond donors (Lipinski definition) is 2. The molecule has 1 aromatic carbocycles. The molecule has 0 spiro atoms. The van der Waals surface area contributed by atoms with Gasteiger partial charge in [-0.05, 0) is 36.9 Å². The number of benzene rings is 1. The molecule has 0 unspecified atom stereocenters. The van der Waals surface area contributed by atoms with Crippen molar-refractivity contribution in [2.75, 3.05) is 18.1 Å². The van der Waals surface area contributed by atoms with Crippen molar-refractivity contribution in [2.45, 2.75) is 18.6 Å². The Balaban J connectivity index is 2.52. The van der Waals surface area contributed by atoms with Gasteiger partial charge in [-0.3, -0.25) is 4.79 Å². The van der Waals surface area contributed by atoms with Gasteiger partial charge in [0.2, 0.25) is 5.91 Å². The fourth-order valence-corrected chi connectivity index (χ4v) is 1.90. The van der Waals surface area contributed by atoms with Gasteiger partial charge in [-0.2, -0.15) is 11.8 Å². The van der Waals surface area contributed by atoms with E-state index in [1.807, 2.05) is 18.2 Å². The van der Waals surface area contributed by atoms with Crippen LogP contribution in [-0.2, 0) is 10.5 Å². The molecule has 0 aliphatic rings. The van der Waals surface area contributed by atoms with E-state index in [0.717, 1.165) is 17.9 Å². The van der Waals surface area contributed by atoms with E-state index in [1.165, 1.54) is 5.56 Å². The Hall–Kier alpha value is -1.00. The molecule has 0 radical (unpaired) electrons. The normalized spacial score (nSPS) is 10.1. The highest BCUT2D eigenvalue weighted by Gasteiger charge is 2.01. The van der Waals surface area contributed by atoms with Gasteiger partial charge in [-0.1, -0.05) is 12.1 Å². The molecule has 0 aliphatic heterocycles. The van der Waals surface area contributed by atoms with Crippen molar-refractivity contribution in [1.29, 1.82) is 0 Å². The van der Waals surface area contributed by atoms with E-state index >= 15 is 0 Å². The molecule has 1 aromatic rings. The zero-order valence-electron chi connectivity index (χ0n) is 9.53. The molecule has 0 aromatic heterocycles. The molecule has 0 heterocycles. The van der Waals surface area contributed by atoms with Crippen molar-refractivity contribution in [3.05, 3.63) is 29.8 Å². The summed E-state index contributed by atoms with van der Waals surface area (Å²) in [5.41, 5.74) is 7.45. The fraction of sp³-hybridized carbons (Fsp3) is 0.417. The van der Waals surface area contributed by atoms with Crippen molar-refractivity contribution < 1.29 is 4.79 Å². The van der Waals surface area contributed by atoms with Gasteiger partial charge in [0, 0.05) is 17.9 Å². The summed E-state index contributed by atoms with van der Waals surface area (Å²) < 4.78 is 0. The summed E-state index contributed by atoms with van der Waals surface area (Å²) in [6.45, 7) is 0.555. The van der Waals surface area contributed by atoms with Gasteiger partial charge in [0.15, 0.2) is 0 Å². The highest BCUT2D eigenvalue weighted by molar-refractivity contribution is 7.97. The molecule has 1 amide bonds. The van der Waals surface area contributed by atoms with Crippen LogP contribution in [0.15, 0.2) is 24.3 Å². The number of hydrogen-bond acceptors (Lipinski definition) is 3. The first-order chi connectivity index (χ1) is 7.76. The van der Waals surface area contributed by atoms with Crippen LogP contribution in [0, 0.1) is 0 Å². The van der Waals surface area contributed by atoms with Gasteiger partial charge in [0.05, 0.1) is 0 Å². The van der Waals surface area contributed by atoms with Crippen LogP contribution >= 0.6 is 11.8 Å². The summed E-state index contributed by atoms with van der Waals surface area (Å²) in [5, 5.41) is 2.87. The largest absolute Gasteiger partial charge is 0.330 e. The summed E-state index contributed by atoms with van der Waals surface area (Å²) in [6, 6.07) is 7.94. The van der Waals surface area contributed by atoms with Crippen LogP contribution in [0.3, 0.4) is 0 Å². The highest BCUT2D eigenvalue weighted by Crippen LogP contribution is 2.15. The number of thioether (sulfide) groups is 1. The number of anilines is 1. The quantitative estimate of drug-likeness (QED) is 0.799. The molecule has 0 saturated carbocycles. The lowest BCUT2D eigenvalue weighted by Crippen LogP contribution is -2.13. The first kappa shape index (κ1) is 13.1. The molecule has 0 bridgehead atoms. The minimum atomic E-state index is 0.0340. The third kappa shape index (κ3) is 4.68. The van der Waals surface area contributed by atoms with Crippen molar-refractivity contribution in [3.63, 3.8) is 0 Å². The first-order valence-corrected chi connectivity index (χ1v) is 6.73. The summed E-state index contributed by atoms with van der Waals surface area (Å²) >= 11 is 1.77. The van der Waals surface area contributed by atoms with Gasteiger partial charge >= 0.3 is 0 Å². The van der Waals surface area contributed by atoms with Crippen LogP contribution in [0.25, 0.3) is 0 Å². The summed E-state index contributed by atoms with van der Waals surface area (Å²) in [5.74, 6) is 0.999. The standard InChI is InChI=1S/C12H18N2OS/c1-16-9-10-4-2-5-11(8-10)14-12(15)6-3-7-13/h2,4-5,8H,3,6-7,9,13H2,1H3,(H,14,15). The number of carbonyl (C=O) groups is 1. The predicted molar refractivity (Wildman–Crippen MR) is 70.6 cm³/mol. The molecule has 3 N–H and O–H groups in total. The van der Waals surface area contributed by atoms with Crippen molar-refractivity contribution in [1.82, 2.24) is 0 Å². The maximum absolute atomic E-state index is 11.5. The van der Waals surface area contributed by atoms with Gasteiger partial charge in [-0.15, -0.1) is 0 Å². The third-order valence-electron chi connectivity index (χ3n) is 2.13. The lowest BCUT2D eigenvalue weighted by Gasteiger charge is -2.06.